The summed E-state index contributed by atoms with van der Waals surface area (Å²) in [5.74, 6) is -0.451. The van der Waals surface area contributed by atoms with E-state index < -0.39 is 11.9 Å². The summed E-state index contributed by atoms with van der Waals surface area (Å²) >= 11 is 0. The van der Waals surface area contributed by atoms with E-state index >= 15 is 0 Å². The van der Waals surface area contributed by atoms with E-state index in [2.05, 4.69) is 27.0 Å². The molecule has 0 saturated heterocycles. The summed E-state index contributed by atoms with van der Waals surface area (Å²) in [6.45, 7) is 10.9. The van der Waals surface area contributed by atoms with Crippen molar-refractivity contribution in [3.63, 3.8) is 0 Å². The van der Waals surface area contributed by atoms with Crippen LogP contribution < -0.4 is 9.47 Å². The Labute approximate surface area is 194 Å². The van der Waals surface area contributed by atoms with Gasteiger partial charge < -0.3 is 29.9 Å². The molecule has 8 heteroatoms. The van der Waals surface area contributed by atoms with Gasteiger partial charge in [0.05, 0.1) is 13.2 Å². The van der Waals surface area contributed by atoms with Crippen LogP contribution in [0.2, 0.25) is 0 Å². The van der Waals surface area contributed by atoms with Crippen molar-refractivity contribution in [1.82, 2.24) is 0 Å². The number of hydrogen-bond acceptors (Lipinski definition) is 6. The minimum absolute atomic E-state index is 0.0119. The minimum atomic E-state index is -0.981. The molecule has 0 aliphatic heterocycles. The molecule has 0 aliphatic carbocycles. The molecule has 0 amide bonds. The first-order valence-corrected chi connectivity index (χ1v) is 10.0. The molecule has 33 heavy (non-hydrogen) atoms. The van der Waals surface area contributed by atoms with Crippen LogP contribution in [0.25, 0.3) is 0 Å². The van der Waals surface area contributed by atoms with Crippen LogP contribution in [-0.2, 0) is 15.0 Å². The topological polar surface area (TPSA) is 134 Å². The van der Waals surface area contributed by atoms with Crippen LogP contribution >= 0.6 is 0 Å². The van der Waals surface area contributed by atoms with Gasteiger partial charge in [0, 0.05) is 17.6 Å². The SMILES string of the molecule is C=CC(=O)O.C=CC(=O)O.CC(C)(c1ccc(OCCO)cc1)c1ccc(OCCO)cc1. The van der Waals surface area contributed by atoms with Gasteiger partial charge in [-0.05, 0) is 35.4 Å². The Morgan fingerprint density at radius 3 is 1.24 bits per heavy atom. The lowest BCUT2D eigenvalue weighted by atomic mass is 9.78. The second kappa shape index (κ2) is 16.1. The number of carbonyl (C=O) groups is 2. The molecule has 0 spiro atoms. The molecule has 0 bridgehead atoms. The summed E-state index contributed by atoms with van der Waals surface area (Å²) in [7, 11) is 0. The summed E-state index contributed by atoms with van der Waals surface area (Å²) in [6.07, 6.45) is 1.67. The molecule has 0 aliphatic rings. The Morgan fingerprint density at radius 2 is 1.03 bits per heavy atom. The highest BCUT2D eigenvalue weighted by Gasteiger charge is 2.23. The summed E-state index contributed by atoms with van der Waals surface area (Å²) < 4.78 is 10.8. The molecule has 2 aromatic carbocycles. The lowest BCUT2D eigenvalue weighted by molar-refractivity contribution is -0.132. The van der Waals surface area contributed by atoms with Crippen molar-refractivity contribution in [2.45, 2.75) is 19.3 Å². The fraction of sp³-hybridized carbons (Fsp3) is 0.280. The zero-order valence-corrected chi connectivity index (χ0v) is 18.9. The van der Waals surface area contributed by atoms with E-state index in [4.69, 9.17) is 29.9 Å². The number of ether oxygens (including phenoxy) is 2. The van der Waals surface area contributed by atoms with Crippen molar-refractivity contribution in [2.75, 3.05) is 26.4 Å². The van der Waals surface area contributed by atoms with Crippen molar-refractivity contribution in [1.29, 1.82) is 0 Å². The van der Waals surface area contributed by atoms with Gasteiger partial charge in [-0.25, -0.2) is 9.59 Å². The Hall–Kier alpha value is -3.62. The van der Waals surface area contributed by atoms with E-state index in [9.17, 15) is 9.59 Å². The maximum absolute atomic E-state index is 9.25. The number of aliphatic carboxylic acids is 2. The highest BCUT2D eigenvalue weighted by molar-refractivity contribution is 5.79. The first-order valence-electron chi connectivity index (χ1n) is 10.0. The monoisotopic (exact) mass is 460 g/mol. The smallest absolute Gasteiger partial charge is 0.327 e. The maximum atomic E-state index is 9.25. The summed E-state index contributed by atoms with van der Waals surface area (Å²) in [6, 6.07) is 15.9. The van der Waals surface area contributed by atoms with Gasteiger partial charge in [-0.3, -0.25) is 0 Å². The third-order valence-corrected chi connectivity index (χ3v) is 4.22. The standard InChI is InChI=1S/C19H24O4.2C3H4O2/c1-19(2,15-3-7-17(8-4-15)22-13-11-20)16-5-9-18(10-6-16)23-14-12-21;2*1-2-3(4)5/h3-10,20-21H,11-14H2,1-2H3;2*2H,1H2,(H,4,5). The van der Waals surface area contributed by atoms with Gasteiger partial charge >= 0.3 is 11.9 Å². The first kappa shape index (κ1) is 29.4. The fourth-order valence-corrected chi connectivity index (χ4v) is 2.43. The van der Waals surface area contributed by atoms with E-state index in [0.29, 0.717) is 13.2 Å². The predicted molar refractivity (Wildman–Crippen MR) is 126 cm³/mol. The molecule has 0 fully saturated rings. The summed E-state index contributed by atoms with van der Waals surface area (Å²) in [5.41, 5.74) is 2.21. The normalized spacial score (nSPS) is 9.82. The molecule has 0 unspecified atom stereocenters. The van der Waals surface area contributed by atoms with Gasteiger partial charge in [-0.15, -0.1) is 0 Å². The number of rotatable bonds is 10. The summed E-state index contributed by atoms with van der Waals surface area (Å²) in [5, 5.41) is 32.8. The Balaban J connectivity index is 0.000000859. The molecule has 0 saturated carbocycles. The Morgan fingerprint density at radius 1 is 0.758 bits per heavy atom. The van der Waals surface area contributed by atoms with Crippen molar-refractivity contribution < 1.29 is 39.5 Å². The largest absolute Gasteiger partial charge is 0.491 e. The Bertz CT molecular complexity index is 783. The van der Waals surface area contributed by atoms with E-state index in [1.165, 1.54) is 11.1 Å². The molecular formula is C25H32O8. The van der Waals surface area contributed by atoms with E-state index in [-0.39, 0.29) is 18.6 Å². The molecule has 0 atom stereocenters. The van der Waals surface area contributed by atoms with Crippen LogP contribution in [0.4, 0.5) is 0 Å². The van der Waals surface area contributed by atoms with Crippen LogP contribution in [0.1, 0.15) is 25.0 Å². The second-order valence-corrected chi connectivity index (χ2v) is 6.90. The summed E-state index contributed by atoms with van der Waals surface area (Å²) in [4.78, 5) is 18.5. The van der Waals surface area contributed by atoms with Gasteiger partial charge in [0.2, 0.25) is 0 Å². The van der Waals surface area contributed by atoms with Crippen LogP contribution in [0, 0.1) is 0 Å². The lowest BCUT2D eigenvalue weighted by Crippen LogP contribution is -2.18. The number of aliphatic hydroxyl groups is 2. The average molecular weight is 461 g/mol. The quantitative estimate of drug-likeness (QED) is 0.397. The fourth-order valence-electron chi connectivity index (χ4n) is 2.43. The third kappa shape index (κ3) is 12.1. The van der Waals surface area contributed by atoms with E-state index in [1.807, 2.05) is 48.5 Å². The zero-order chi connectivity index (χ0) is 25.3. The number of benzene rings is 2. The van der Waals surface area contributed by atoms with Crippen molar-refractivity contribution in [2.24, 2.45) is 0 Å². The van der Waals surface area contributed by atoms with Gasteiger partial charge in [0.1, 0.15) is 24.7 Å². The first-order chi connectivity index (χ1) is 15.6. The maximum Gasteiger partial charge on any atom is 0.327 e. The van der Waals surface area contributed by atoms with Crippen LogP contribution in [-0.4, -0.2) is 58.8 Å². The number of aliphatic hydroxyl groups excluding tert-OH is 2. The molecular weight excluding hydrogens is 428 g/mol. The second-order valence-electron chi connectivity index (χ2n) is 6.90. The molecule has 0 aromatic heterocycles. The van der Waals surface area contributed by atoms with Crippen molar-refractivity contribution in [3.8, 4) is 11.5 Å². The van der Waals surface area contributed by atoms with Gasteiger partial charge in [0.25, 0.3) is 0 Å². The van der Waals surface area contributed by atoms with Gasteiger partial charge in [-0.2, -0.15) is 0 Å². The molecule has 0 radical (unpaired) electrons. The van der Waals surface area contributed by atoms with Crippen LogP contribution in [0.3, 0.4) is 0 Å². The van der Waals surface area contributed by atoms with Crippen LogP contribution in [0.15, 0.2) is 73.8 Å². The van der Waals surface area contributed by atoms with Crippen molar-refractivity contribution >= 4 is 11.9 Å². The highest BCUT2D eigenvalue weighted by atomic mass is 16.5. The van der Waals surface area contributed by atoms with Gasteiger partial charge in [-0.1, -0.05) is 51.3 Å². The van der Waals surface area contributed by atoms with E-state index in [0.717, 1.165) is 23.7 Å². The number of hydrogen-bond donors (Lipinski definition) is 4. The molecule has 2 aromatic rings. The third-order valence-electron chi connectivity index (χ3n) is 4.22. The lowest BCUT2D eigenvalue weighted by Gasteiger charge is -2.26. The van der Waals surface area contributed by atoms with Crippen LogP contribution in [0.5, 0.6) is 11.5 Å². The minimum Gasteiger partial charge on any atom is -0.491 e. The zero-order valence-electron chi connectivity index (χ0n) is 18.9. The average Bonchev–Trinajstić information content (AvgIpc) is 2.82. The van der Waals surface area contributed by atoms with E-state index in [1.54, 1.807) is 0 Å². The predicted octanol–water partition coefficient (Wildman–Crippen LogP) is 3.27. The Kier molecular flexibility index (Phi) is 14.3. The van der Waals surface area contributed by atoms with Crippen molar-refractivity contribution in [3.05, 3.63) is 85.0 Å². The molecule has 8 nitrogen and oxygen atoms in total. The molecule has 180 valence electrons. The highest BCUT2D eigenvalue weighted by Crippen LogP contribution is 2.33. The molecule has 0 heterocycles. The molecule has 4 N–H and O–H groups in total. The van der Waals surface area contributed by atoms with Gasteiger partial charge in [0.15, 0.2) is 0 Å². The number of carboxylic acid groups (broad SMARTS) is 2. The number of carboxylic acids is 2. The molecule has 2 rings (SSSR count).